The molecule has 0 aliphatic heterocycles. The van der Waals surface area contributed by atoms with Gasteiger partial charge in [0.25, 0.3) is 0 Å². The van der Waals surface area contributed by atoms with Crippen molar-refractivity contribution in [3.8, 4) is 0 Å². The van der Waals surface area contributed by atoms with Crippen LogP contribution in [-0.2, 0) is 14.3 Å². The van der Waals surface area contributed by atoms with E-state index in [2.05, 4.69) is 10.6 Å². The summed E-state index contributed by atoms with van der Waals surface area (Å²) < 4.78 is 19.6. The van der Waals surface area contributed by atoms with Crippen LogP contribution in [-0.4, -0.2) is 36.1 Å². The highest BCUT2D eigenvalue weighted by atomic mass is 19.1. The van der Waals surface area contributed by atoms with Crippen LogP contribution in [0.25, 0.3) is 0 Å². The van der Waals surface area contributed by atoms with Gasteiger partial charge in [-0.05, 0) is 69.9 Å². The minimum absolute atomic E-state index is 0.00426. The molecule has 200 valence electrons. The molecule has 1 atom stereocenters. The van der Waals surface area contributed by atoms with Crippen LogP contribution in [0, 0.1) is 12.7 Å². The van der Waals surface area contributed by atoms with Crippen molar-refractivity contribution < 1.29 is 23.5 Å². The van der Waals surface area contributed by atoms with Crippen LogP contribution in [0.3, 0.4) is 0 Å². The van der Waals surface area contributed by atoms with E-state index < -0.39 is 29.5 Å². The number of halogens is 1. The summed E-state index contributed by atoms with van der Waals surface area (Å²) in [6.45, 7) is 7.14. The number of hydrogen-bond donors (Lipinski definition) is 2. The molecule has 0 aromatic heterocycles. The second-order valence-electron chi connectivity index (χ2n) is 10.5. The number of benzene rings is 2. The Hall–Kier alpha value is -3.42. The lowest BCUT2D eigenvalue weighted by Gasteiger charge is -2.34. The van der Waals surface area contributed by atoms with E-state index in [4.69, 9.17) is 4.74 Å². The number of rotatable bonds is 8. The Morgan fingerprint density at radius 1 is 1.05 bits per heavy atom. The van der Waals surface area contributed by atoms with Crippen molar-refractivity contribution in [2.45, 2.75) is 83.9 Å². The first-order valence-electron chi connectivity index (χ1n) is 13.0. The van der Waals surface area contributed by atoms with Crippen LogP contribution < -0.4 is 15.5 Å². The van der Waals surface area contributed by atoms with Crippen LogP contribution in [0.1, 0.15) is 76.5 Å². The summed E-state index contributed by atoms with van der Waals surface area (Å²) in [5.74, 6) is -1.24. The van der Waals surface area contributed by atoms with Gasteiger partial charge in [0.05, 0.1) is 0 Å². The molecule has 1 aliphatic rings. The Labute approximate surface area is 218 Å². The first-order valence-corrected chi connectivity index (χ1v) is 13.0. The lowest BCUT2D eigenvalue weighted by atomic mass is 9.93. The summed E-state index contributed by atoms with van der Waals surface area (Å²) in [5, 5.41) is 5.74. The summed E-state index contributed by atoms with van der Waals surface area (Å²) in [6, 6.07) is 12.1. The largest absolute Gasteiger partial charge is 0.444 e. The van der Waals surface area contributed by atoms with Crippen molar-refractivity contribution in [1.82, 2.24) is 10.6 Å². The highest BCUT2D eigenvalue weighted by Crippen LogP contribution is 2.31. The van der Waals surface area contributed by atoms with Gasteiger partial charge in [-0.3, -0.25) is 14.5 Å². The van der Waals surface area contributed by atoms with Crippen LogP contribution in [0.2, 0.25) is 0 Å². The quantitative estimate of drug-likeness (QED) is 0.485. The van der Waals surface area contributed by atoms with Gasteiger partial charge in [-0.2, -0.15) is 0 Å². The number of hydrogen-bond acceptors (Lipinski definition) is 4. The fourth-order valence-corrected chi connectivity index (χ4v) is 4.59. The summed E-state index contributed by atoms with van der Waals surface area (Å²) in [5.41, 5.74) is 1.10. The van der Waals surface area contributed by atoms with Crippen molar-refractivity contribution in [3.63, 3.8) is 0 Å². The van der Waals surface area contributed by atoms with E-state index in [1.54, 1.807) is 26.8 Å². The van der Waals surface area contributed by atoms with Gasteiger partial charge in [0.2, 0.25) is 11.8 Å². The molecule has 0 heterocycles. The van der Waals surface area contributed by atoms with Crippen molar-refractivity contribution >= 4 is 23.6 Å². The molecule has 7 nitrogen and oxygen atoms in total. The SMILES string of the molecule is Cc1ccccc1C(C(=O)NC1CCCCC1)N(C(=O)CCNC(=O)OC(C)(C)C)c1cccc(F)c1. The lowest BCUT2D eigenvalue weighted by molar-refractivity contribution is -0.127. The number of ether oxygens (including phenoxy) is 1. The number of aryl methyl sites for hydroxylation is 1. The molecule has 8 heteroatoms. The first-order chi connectivity index (χ1) is 17.5. The Morgan fingerprint density at radius 2 is 1.76 bits per heavy atom. The molecule has 0 radical (unpaired) electrons. The summed E-state index contributed by atoms with van der Waals surface area (Å²) in [7, 11) is 0. The number of anilines is 1. The van der Waals surface area contributed by atoms with Crippen LogP contribution in [0.15, 0.2) is 48.5 Å². The number of nitrogens with zero attached hydrogens (tertiary/aromatic N) is 1. The van der Waals surface area contributed by atoms with E-state index in [0.717, 1.165) is 37.7 Å². The van der Waals surface area contributed by atoms with Crippen molar-refractivity contribution in [2.75, 3.05) is 11.4 Å². The smallest absolute Gasteiger partial charge is 0.407 e. The molecule has 0 spiro atoms. The molecule has 2 N–H and O–H groups in total. The summed E-state index contributed by atoms with van der Waals surface area (Å²) in [6.07, 6.45) is 4.27. The van der Waals surface area contributed by atoms with E-state index in [-0.39, 0.29) is 30.6 Å². The van der Waals surface area contributed by atoms with E-state index >= 15 is 0 Å². The van der Waals surface area contributed by atoms with Gasteiger partial charge < -0.3 is 15.4 Å². The standard InChI is InChI=1S/C29H38FN3O4/c1-20-11-8-9-16-24(20)26(27(35)32-22-13-6-5-7-14-22)33(23-15-10-12-21(30)19-23)25(34)17-18-31-28(36)37-29(2,3)4/h8-12,15-16,19,22,26H,5-7,13-14,17-18H2,1-4H3,(H,31,36)(H,32,35). The topological polar surface area (TPSA) is 87.7 Å². The molecule has 3 rings (SSSR count). The van der Waals surface area contributed by atoms with Crippen molar-refractivity contribution in [2.24, 2.45) is 0 Å². The van der Waals surface area contributed by atoms with Crippen molar-refractivity contribution in [3.05, 3.63) is 65.5 Å². The maximum absolute atomic E-state index is 14.3. The molecule has 37 heavy (non-hydrogen) atoms. The Balaban J connectivity index is 1.93. The highest BCUT2D eigenvalue weighted by molar-refractivity contribution is 6.01. The minimum Gasteiger partial charge on any atom is -0.444 e. The third kappa shape index (κ3) is 8.30. The lowest BCUT2D eigenvalue weighted by Crippen LogP contribution is -2.48. The fraction of sp³-hybridized carbons (Fsp3) is 0.483. The fourth-order valence-electron chi connectivity index (χ4n) is 4.59. The second kappa shape index (κ2) is 12.7. The minimum atomic E-state index is -1.00. The van der Waals surface area contributed by atoms with E-state index in [1.165, 1.54) is 23.1 Å². The normalized spacial score (nSPS) is 14.9. The Kier molecular flexibility index (Phi) is 9.66. The zero-order valence-corrected chi connectivity index (χ0v) is 22.2. The number of nitrogens with one attached hydrogen (secondary N) is 2. The van der Waals surface area contributed by atoms with E-state index in [0.29, 0.717) is 5.56 Å². The molecule has 2 aromatic carbocycles. The maximum Gasteiger partial charge on any atom is 0.407 e. The predicted molar refractivity (Wildman–Crippen MR) is 142 cm³/mol. The van der Waals surface area contributed by atoms with Gasteiger partial charge >= 0.3 is 6.09 Å². The van der Waals surface area contributed by atoms with Gasteiger partial charge in [-0.25, -0.2) is 9.18 Å². The van der Waals surface area contributed by atoms with E-state index in [9.17, 15) is 18.8 Å². The van der Waals surface area contributed by atoms with Crippen molar-refractivity contribution in [1.29, 1.82) is 0 Å². The molecule has 0 bridgehead atoms. The average molecular weight is 512 g/mol. The van der Waals surface area contributed by atoms with Crippen LogP contribution in [0.5, 0.6) is 0 Å². The van der Waals surface area contributed by atoms with Gasteiger partial charge in [-0.15, -0.1) is 0 Å². The summed E-state index contributed by atoms with van der Waals surface area (Å²) >= 11 is 0. The third-order valence-corrected chi connectivity index (χ3v) is 6.30. The van der Waals surface area contributed by atoms with Gasteiger partial charge in [0.1, 0.15) is 17.5 Å². The van der Waals surface area contributed by atoms with E-state index in [1.807, 2.05) is 31.2 Å². The second-order valence-corrected chi connectivity index (χ2v) is 10.5. The number of carbonyl (C=O) groups is 3. The molecule has 1 aliphatic carbocycles. The molecule has 1 saturated carbocycles. The molecular formula is C29H38FN3O4. The zero-order valence-electron chi connectivity index (χ0n) is 22.2. The van der Waals surface area contributed by atoms with Crippen LogP contribution in [0.4, 0.5) is 14.9 Å². The first kappa shape index (κ1) is 28.2. The zero-order chi connectivity index (χ0) is 27.0. The maximum atomic E-state index is 14.3. The Morgan fingerprint density at radius 3 is 2.41 bits per heavy atom. The van der Waals surface area contributed by atoms with Gasteiger partial charge in [0.15, 0.2) is 0 Å². The number of amides is 3. The average Bonchev–Trinajstić information content (AvgIpc) is 2.82. The molecule has 0 saturated heterocycles. The monoisotopic (exact) mass is 511 g/mol. The predicted octanol–water partition coefficient (Wildman–Crippen LogP) is 5.57. The molecule has 1 unspecified atom stereocenters. The highest BCUT2D eigenvalue weighted by Gasteiger charge is 2.35. The molecular weight excluding hydrogens is 473 g/mol. The summed E-state index contributed by atoms with van der Waals surface area (Å²) in [4.78, 5) is 40.9. The molecule has 1 fully saturated rings. The van der Waals surface area contributed by atoms with Gasteiger partial charge in [-0.1, -0.05) is 49.6 Å². The number of carbonyl (C=O) groups excluding carboxylic acids is 3. The molecule has 2 aromatic rings. The number of alkyl carbamates (subject to hydrolysis) is 1. The van der Waals surface area contributed by atoms with Crippen LogP contribution >= 0.6 is 0 Å². The molecule has 3 amide bonds. The third-order valence-electron chi connectivity index (χ3n) is 6.30. The Bertz CT molecular complexity index is 1090. The van der Waals surface area contributed by atoms with Gasteiger partial charge in [0, 0.05) is 24.7 Å².